The maximum absolute atomic E-state index is 12.9. The fourth-order valence-corrected chi connectivity index (χ4v) is 4.60. The lowest BCUT2D eigenvalue weighted by atomic mass is 10.1. The van der Waals surface area contributed by atoms with Crippen LogP contribution in [0, 0.1) is 0 Å². The molecule has 0 bridgehead atoms. The first-order valence-electron chi connectivity index (χ1n) is 13.7. The van der Waals surface area contributed by atoms with Crippen molar-refractivity contribution in [1.82, 2.24) is 9.13 Å². The van der Waals surface area contributed by atoms with E-state index in [9.17, 15) is 4.79 Å². The Morgan fingerprint density at radius 1 is 0.775 bits per heavy atom. The molecule has 0 saturated carbocycles. The lowest BCUT2D eigenvalue weighted by Crippen LogP contribution is -2.11. The first-order chi connectivity index (χ1) is 19.5. The maximum Gasteiger partial charge on any atom is 0.255 e. The Morgan fingerprint density at radius 2 is 1.45 bits per heavy atom. The number of hydrogen-bond acceptors (Lipinski definition) is 4. The van der Waals surface area contributed by atoms with Gasteiger partial charge in [0, 0.05) is 54.0 Å². The Balaban J connectivity index is 1.30. The maximum atomic E-state index is 12.9. The fraction of sp³-hybridized carbons (Fsp3) is 0.182. The van der Waals surface area contributed by atoms with Crippen LogP contribution >= 0.6 is 0 Å². The molecule has 1 amide bonds. The molecule has 7 heteroatoms. The van der Waals surface area contributed by atoms with Gasteiger partial charge in [0.2, 0.25) is 0 Å². The third-order valence-corrected chi connectivity index (χ3v) is 6.60. The van der Waals surface area contributed by atoms with E-state index in [1.165, 1.54) is 0 Å². The minimum absolute atomic E-state index is 0.182. The monoisotopic (exact) mass is 530 g/mol. The number of fused-ring (bicyclic) bond motifs is 1. The van der Waals surface area contributed by atoms with Gasteiger partial charge in [-0.1, -0.05) is 13.8 Å². The van der Waals surface area contributed by atoms with Gasteiger partial charge < -0.3 is 20.2 Å². The van der Waals surface area contributed by atoms with Gasteiger partial charge in [-0.3, -0.25) is 4.79 Å². The molecule has 2 aromatic heterocycles. The zero-order valence-corrected chi connectivity index (χ0v) is 22.9. The molecule has 40 heavy (non-hydrogen) atoms. The molecule has 0 saturated heterocycles. The number of hydrogen-bond donors (Lipinski definition) is 2. The van der Waals surface area contributed by atoms with Crippen LogP contribution in [0.3, 0.4) is 0 Å². The highest BCUT2D eigenvalue weighted by atomic mass is 16.1. The Bertz CT molecular complexity index is 1740. The van der Waals surface area contributed by atoms with Gasteiger partial charge >= 0.3 is 0 Å². The number of nitrogen functional groups attached to an aromatic ring is 1. The summed E-state index contributed by atoms with van der Waals surface area (Å²) in [5, 5.41) is 5.69. The SMILES string of the molecule is CCCn1ccc(=Nc2ccc(NC(=O)c3ccc(N=c4ccn(CCC)c5ccc(N)cc45)cc3)cc2)cc1. The van der Waals surface area contributed by atoms with Gasteiger partial charge in [0.05, 0.1) is 27.6 Å². The van der Waals surface area contributed by atoms with E-state index in [0.717, 1.165) is 58.9 Å². The minimum Gasteiger partial charge on any atom is -0.399 e. The molecular weight excluding hydrogens is 496 g/mol. The summed E-state index contributed by atoms with van der Waals surface area (Å²) in [5.41, 5.74) is 10.7. The summed E-state index contributed by atoms with van der Waals surface area (Å²) in [6.07, 6.45) is 8.26. The van der Waals surface area contributed by atoms with Crippen LogP contribution in [0.1, 0.15) is 37.0 Å². The van der Waals surface area contributed by atoms with Gasteiger partial charge in [-0.25, -0.2) is 9.98 Å². The van der Waals surface area contributed by atoms with E-state index < -0.39 is 0 Å². The summed E-state index contributed by atoms with van der Waals surface area (Å²) < 4.78 is 4.35. The van der Waals surface area contributed by atoms with E-state index >= 15 is 0 Å². The number of carbonyl (C=O) groups excluding carboxylic acids is 1. The summed E-state index contributed by atoms with van der Waals surface area (Å²) in [4.78, 5) is 22.4. The molecule has 0 radical (unpaired) electrons. The van der Waals surface area contributed by atoms with Crippen molar-refractivity contribution >= 4 is 39.6 Å². The third-order valence-electron chi connectivity index (χ3n) is 6.60. The number of rotatable bonds is 8. The van der Waals surface area contributed by atoms with Crippen LogP contribution in [-0.4, -0.2) is 15.0 Å². The summed E-state index contributed by atoms with van der Waals surface area (Å²) in [5.74, 6) is -0.182. The van der Waals surface area contributed by atoms with Crippen molar-refractivity contribution in [2.45, 2.75) is 39.8 Å². The van der Waals surface area contributed by atoms with Gasteiger partial charge in [0.25, 0.3) is 5.91 Å². The number of carbonyl (C=O) groups is 1. The van der Waals surface area contributed by atoms with E-state index in [4.69, 9.17) is 10.7 Å². The van der Waals surface area contributed by atoms with E-state index in [2.05, 4.69) is 39.5 Å². The van der Waals surface area contributed by atoms with Crippen LogP contribution in [0.25, 0.3) is 10.9 Å². The molecule has 3 aromatic carbocycles. The topological polar surface area (TPSA) is 89.7 Å². The molecule has 0 fully saturated rings. The fourth-order valence-electron chi connectivity index (χ4n) is 4.60. The Morgan fingerprint density at radius 3 is 2.15 bits per heavy atom. The number of benzene rings is 3. The molecule has 0 atom stereocenters. The smallest absolute Gasteiger partial charge is 0.255 e. The zero-order valence-electron chi connectivity index (χ0n) is 22.9. The van der Waals surface area contributed by atoms with Gasteiger partial charge in [-0.15, -0.1) is 0 Å². The van der Waals surface area contributed by atoms with Crippen molar-refractivity contribution in [2.24, 2.45) is 9.98 Å². The van der Waals surface area contributed by atoms with Gasteiger partial charge in [-0.05, 0) is 97.8 Å². The molecule has 202 valence electrons. The molecule has 0 spiro atoms. The average molecular weight is 531 g/mol. The van der Waals surface area contributed by atoms with Crippen LogP contribution in [-0.2, 0) is 13.1 Å². The molecule has 0 aliphatic rings. The number of nitrogens with one attached hydrogen (secondary N) is 1. The van der Waals surface area contributed by atoms with Gasteiger partial charge in [0.15, 0.2) is 0 Å². The van der Waals surface area contributed by atoms with E-state index in [1.807, 2.05) is 85.2 Å². The highest BCUT2D eigenvalue weighted by molar-refractivity contribution is 6.04. The van der Waals surface area contributed by atoms with Crippen molar-refractivity contribution in [3.05, 3.63) is 120 Å². The van der Waals surface area contributed by atoms with Crippen LogP contribution in [0.4, 0.5) is 22.7 Å². The molecule has 2 heterocycles. The number of aromatic nitrogens is 2. The third kappa shape index (κ3) is 6.38. The summed E-state index contributed by atoms with van der Waals surface area (Å²) in [7, 11) is 0. The second-order valence-electron chi connectivity index (χ2n) is 9.74. The summed E-state index contributed by atoms with van der Waals surface area (Å²) >= 11 is 0. The standard InChI is InChI=1S/C33H34N6O/c1-3-18-38-20-15-29(16-21-38)35-26-10-12-28(13-11-26)37-33(40)24-5-8-27(9-6-24)36-31-17-22-39(19-4-2)32-14-7-25(34)23-30(31)32/h5-17,20-23H,3-4,18-19,34H2,1-2H3,(H,37,40). The predicted octanol–water partition coefficient (Wildman–Crippen LogP) is 6.56. The largest absolute Gasteiger partial charge is 0.399 e. The number of pyridine rings is 2. The summed E-state index contributed by atoms with van der Waals surface area (Å²) in [6.45, 7) is 6.23. The molecule has 0 aliphatic heterocycles. The number of anilines is 2. The van der Waals surface area contributed by atoms with Gasteiger partial charge in [-0.2, -0.15) is 0 Å². The van der Waals surface area contributed by atoms with Crippen molar-refractivity contribution in [1.29, 1.82) is 0 Å². The first-order valence-corrected chi connectivity index (χ1v) is 13.7. The van der Waals surface area contributed by atoms with E-state index in [-0.39, 0.29) is 5.91 Å². The van der Waals surface area contributed by atoms with Gasteiger partial charge in [0.1, 0.15) is 0 Å². The second-order valence-corrected chi connectivity index (χ2v) is 9.74. The molecular formula is C33H34N6O. The van der Waals surface area contributed by atoms with Crippen molar-refractivity contribution in [2.75, 3.05) is 11.1 Å². The summed E-state index contributed by atoms with van der Waals surface area (Å²) in [6, 6.07) is 26.7. The predicted molar refractivity (Wildman–Crippen MR) is 163 cm³/mol. The Labute approximate surface area is 234 Å². The quantitative estimate of drug-likeness (QED) is 0.222. The van der Waals surface area contributed by atoms with Crippen LogP contribution in [0.15, 0.2) is 114 Å². The zero-order chi connectivity index (χ0) is 27.9. The van der Waals surface area contributed by atoms with Crippen LogP contribution in [0.2, 0.25) is 0 Å². The van der Waals surface area contributed by atoms with E-state index in [0.29, 0.717) is 16.9 Å². The lowest BCUT2D eigenvalue weighted by molar-refractivity contribution is 0.102. The number of nitrogens with two attached hydrogens (primary N) is 1. The molecule has 0 unspecified atom stereocenters. The average Bonchev–Trinajstić information content (AvgIpc) is 2.97. The highest BCUT2D eigenvalue weighted by Gasteiger charge is 2.07. The van der Waals surface area contributed by atoms with Crippen molar-refractivity contribution in [3.8, 4) is 0 Å². The molecule has 5 aromatic rings. The van der Waals surface area contributed by atoms with Crippen LogP contribution in [0.5, 0.6) is 0 Å². The highest BCUT2D eigenvalue weighted by Crippen LogP contribution is 2.19. The Kier molecular flexibility index (Phi) is 8.21. The van der Waals surface area contributed by atoms with Crippen molar-refractivity contribution < 1.29 is 4.79 Å². The molecule has 5 rings (SSSR count). The number of nitrogens with zero attached hydrogens (tertiary/aromatic N) is 4. The Hall–Kier alpha value is -4.91. The normalized spacial score (nSPS) is 11.5. The molecule has 0 aliphatic carbocycles. The van der Waals surface area contributed by atoms with Crippen LogP contribution < -0.4 is 21.8 Å². The first kappa shape index (κ1) is 26.7. The molecule has 7 nitrogen and oxygen atoms in total. The number of aryl methyl sites for hydroxylation is 2. The minimum atomic E-state index is -0.182. The van der Waals surface area contributed by atoms with Crippen molar-refractivity contribution in [3.63, 3.8) is 0 Å². The molecule has 3 N–H and O–H groups in total. The lowest BCUT2D eigenvalue weighted by Gasteiger charge is -2.11. The van der Waals surface area contributed by atoms with E-state index in [1.54, 1.807) is 12.1 Å². The number of amides is 1. The second kappa shape index (κ2) is 12.3.